The summed E-state index contributed by atoms with van der Waals surface area (Å²) in [6, 6.07) is 1.69. The third-order valence-corrected chi connectivity index (χ3v) is 3.32. The fourth-order valence-corrected chi connectivity index (χ4v) is 2.37. The highest BCUT2D eigenvalue weighted by atomic mass is 35.5. The topological polar surface area (TPSA) is 64.0 Å². The maximum Gasteiger partial charge on any atom is 0.373 e. The normalized spacial score (nSPS) is 21.0. The van der Waals surface area contributed by atoms with Crippen LogP contribution in [0.1, 0.15) is 16.2 Å². The van der Waals surface area contributed by atoms with Crippen molar-refractivity contribution in [3.8, 4) is 0 Å². The first-order valence-electron chi connectivity index (χ1n) is 6.25. The molecule has 0 saturated carbocycles. The van der Waals surface area contributed by atoms with Crippen molar-refractivity contribution in [1.82, 2.24) is 14.7 Å². The van der Waals surface area contributed by atoms with Gasteiger partial charge in [-0.3, -0.25) is 9.48 Å². The maximum absolute atomic E-state index is 13.1. The van der Waals surface area contributed by atoms with E-state index in [9.17, 15) is 13.6 Å². The Morgan fingerprint density at radius 3 is 2.95 bits per heavy atom. The molecule has 2 aliphatic rings. The molecule has 3 rings (SSSR count). The molecule has 3 heterocycles. The molecule has 0 bridgehead atoms. The summed E-state index contributed by atoms with van der Waals surface area (Å²) in [6.45, 7) is 1.72. The third kappa shape index (κ3) is 2.92. The van der Waals surface area contributed by atoms with Gasteiger partial charge in [0.15, 0.2) is 5.69 Å². The molecular formula is C11H15ClF2N4O2. The number of nitrogens with two attached hydrogens (primary N) is 1. The van der Waals surface area contributed by atoms with Gasteiger partial charge >= 0.3 is 6.11 Å². The number of quaternary nitrogens is 1. The van der Waals surface area contributed by atoms with Crippen LogP contribution in [0.2, 0.25) is 0 Å². The predicted molar refractivity (Wildman–Crippen MR) is 59.5 cm³/mol. The van der Waals surface area contributed by atoms with Gasteiger partial charge in [0.05, 0.1) is 25.4 Å². The molecule has 1 saturated heterocycles. The van der Waals surface area contributed by atoms with E-state index in [2.05, 4.69) is 15.2 Å². The number of nitrogens with zero attached hydrogens (tertiary/aromatic N) is 3. The molecule has 9 heteroatoms. The largest absolute Gasteiger partial charge is 1.00 e. The summed E-state index contributed by atoms with van der Waals surface area (Å²) in [5, 5.41) is 6.31. The van der Waals surface area contributed by atoms with Gasteiger partial charge in [-0.05, 0) is 6.07 Å². The Labute approximate surface area is 120 Å². The Morgan fingerprint density at radius 2 is 2.25 bits per heavy atom. The summed E-state index contributed by atoms with van der Waals surface area (Å²) in [5.74, 6) is -0.454. The summed E-state index contributed by atoms with van der Waals surface area (Å²) in [5.41, 5.74) is 1.19. The molecule has 0 unspecified atom stereocenters. The van der Waals surface area contributed by atoms with Gasteiger partial charge in [0.1, 0.15) is 13.1 Å². The van der Waals surface area contributed by atoms with Crippen LogP contribution in [0.4, 0.5) is 8.78 Å². The number of fused-ring (bicyclic) bond motifs is 1. The highest BCUT2D eigenvalue weighted by molar-refractivity contribution is 5.92. The van der Waals surface area contributed by atoms with Crippen LogP contribution < -0.4 is 17.7 Å². The van der Waals surface area contributed by atoms with Crippen LogP contribution in [-0.4, -0.2) is 52.9 Å². The molecule has 2 aliphatic heterocycles. The van der Waals surface area contributed by atoms with Crippen molar-refractivity contribution in [2.75, 3.05) is 26.2 Å². The standard InChI is InChI=1S/C11H14F2N4O2.ClH/c12-11(13)7-16(3-4-19-11)10(18)9-5-8-6-14-1-2-17(8)15-9;/h5,14H,1-4,6-7H2;1H. The van der Waals surface area contributed by atoms with Gasteiger partial charge in [-0.25, -0.2) is 0 Å². The van der Waals surface area contributed by atoms with Gasteiger partial charge in [0.25, 0.3) is 5.91 Å². The van der Waals surface area contributed by atoms with E-state index >= 15 is 0 Å². The number of alkyl halides is 2. The predicted octanol–water partition coefficient (Wildman–Crippen LogP) is -3.97. The van der Waals surface area contributed by atoms with Crippen molar-refractivity contribution < 1.29 is 36.0 Å². The molecule has 0 aromatic carbocycles. The lowest BCUT2D eigenvalue weighted by molar-refractivity contribution is -0.677. The molecule has 2 N–H and O–H groups in total. The van der Waals surface area contributed by atoms with Gasteiger partial charge in [0, 0.05) is 6.54 Å². The number of rotatable bonds is 1. The fraction of sp³-hybridized carbons (Fsp3) is 0.636. The zero-order valence-electron chi connectivity index (χ0n) is 10.7. The Hall–Kier alpha value is -1.25. The first kappa shape index (κ1) is 15.1. The maximum atomic E-state index is 13.1. The van der Waals surface area contributed by atoms with Crippen LogP contribution in [0.5, 0.6) is 0 Å². The van der Waals surface area contributed by atoms with Crippen LogP contribution in [0, 0.1) is 0 Å². The van der Waals surface area contributed by atoms with Crippen LogP contribution in [0.3, 0.4) is 0 Å². The van der Waals surface area contributed by atoms with Gasteiger partial charge < -0.3 is 27.4 Å². The number of ether oxygens (including phenoxy) is 1. The average Bonchev–Trinajstić information content (AvgIpc) is 2.80. The number of halogens is 3. The Balaban J connectivity index is 0.00000147. The Morgan fingerprint density at radius 1 is 1.45 bits per heavy atom. The molecule has 6 nitrogen and oxygen atoms in total. The molecule has 112 valence electrons. The summed E-state index contributed by atoms with van der Waals surface area (Å²) in [6.07, 6.45) is -3.26. The molecule has 1 fully saturated rings. The lowest BCUT2D eigenvalue weighted by Crippen LogP contribution is -3.00. The van der Waals surface area contributed by atoms with E-state index in [4.69, 9.17) is 0 Å². The van der Waals surface area contributed by atoms with E-state index in [0.717, 1.165) is 30.2 Å². The zero-order chi connectivity index (χ0) is 13.5. The van der Waals surface area contributed by atoms with Crippen molar-refractivity contribution in [3.05, 3.63) is 17.5 Å². The first-order valence-corrected chi connectivity index (χ1v) is 6.25. The van der Waals surface area contributed by atoms with Crippen LogP contribution in [0.25, 0.3) is 0 Å². The third-order valence-electron chi connectivity index (χ3n) is 3.32. The summed E-state index contributed by atoms with van der Waals surface area (Å²) >= 11 is 0. The highest BCUT2D eigenvalue weighted by Gasteiger charge is 2.39. The van der Waals surface area contributed by atoms with Crippen LogP contribution >= 0.6 is 0 Å². The van der Waals surface area contributed by atoms with Crippen LogP contribution in [-0.2, 0) is 17.8 Å². The second kappa shape index (κ2) is 5.63. The quantitative estimate of drug-likeness (QED) is 0.576. The SMILES string of the molecule is O=C(c1cc2n(n1)CC[NH2+]C2)N1CCOC(F)(F)C1.[Cl-]. The van der Waals surface area contributed by atoms with E-state index in [0.29, 0.717) is 0 Å². The highest BCUT2D eigenvalue weighted by Crippen LogP contribution is 2.22. The number of amides is 1. The van der Waals surface area contributed by atoms with Crippen LogP contribution in [0.15, 0.2) is 6.07 Å². The van der Waals surface area contributed by atoms with Crippen molar-refractivity contribution >= 4 is 5.91 Å². The summed E-state index contributed by atoms with van der Waals surface area (Å²) < 4.78 is 32.3. The van der Waals surface area contributed by atoms with Crippen molar-refractivity contribution in [3.63, 3.8) is 0 Å². The molecule has 1 aromatic heterocycles. The molecule has 0 aliphatic carbocycles. The van der Waals surface area contributed by atoms with Crippen molar-refractivity contribution in [2.24, 2.45) is 0 Å². The van der Waals surface area contributed by atoms with E-state index in [1.54, 1.807) is 10.7 Å². The lowest BCUT2D eigenvalue weighted by atomic mass is 10.2. The molecule has 20 heavy (non-hydrogen) atoms. The molecule has 0 radical (unpaired) electrons. The average molecular weight is 309 g/mol. The van der Waals surface area contributed by atoms with E-state index in [1.165, 1.54) is 0 Å². The second-order valence-corrected chi connectivity index (χ2v) is 4.74. The molecule has 1 amide bonds. The fourth-order valence-electron chi connectivity index (χ4n) is 2.37. The number of hydrogen-bond acceptors (Lipinski definition) is 3. The van der Waals surface area contributed by atoms with Gasteiger partial charge in [0.2, 0.25) is 0 Å². The van der Waals surface area contributed by atoms with Crippen molar-refractivity contribution in [2.45, 2.75) is 19.2 Å². The lowest BCUT2D eigenvalue weighted by Gasteiger charge is -2.31. The number of carbonyl (C=O) groups is 1. The van der Waals surface area contributed by atoms with Gasteiger partial charge in [-0.1, -0.05) is 0 Å². The number of carbonyl (C=O) groups excluding carboxylic acids is 1. The molecular weight excluding hydrogens is 294 g/mol. The van der Waals surface area contributed by atoms with E-state index in [-0.39, 0.29) is 31.3 Å². The minimum Gasteiger partial charge on any atom is -1.00 e. The number of aromatic nitrogens is 2. The minimum atomic E-state index is -3.26. The monoisotopic (exact) mass is 308 g/mol. The Kier molecular flexibility index (Phi) is 4.26. The van der Waals surface area contributed by atoms with Crippen molar-refractivity contribution in [1.29, 1.82) is 0 Å². The molecule has 0 spiro atoms. The number of morpholine rings is 1. The van der Waals surface area contributed by atoms with Gasteiger partial charge in [-0.15, -0.1) is 0 Å². The number of hydrogen-bond donors (Lipinski definition) is 1. The molecule has 1 aromatic rings. The minimum absolute atomic E-state index is 0. The first-order chi connectivity index (χ1) is 9.05. The zero-order valence-corrected chi connectivity index (χ0v) is 11.4. The summed E-state index contributed by atoms with van der Waals surface area (Å²) in [4.78, 5) is 13.3. The van der Waals surface area contributed by atoms with E-state index < -0.39 is 18.6 Å². The summed E-state index contributed by atoms with van der Waals surface area (Å²) in [7, 11) is 0. The van der Waals surface area contributed by atoms with Gasteiger partial charge in [-0.2, -0.15) is 13.9 Å². The second-order valence-electron chi connectivity index (χ2n) is 4.74. The molecule has 0 atom stereocenters. The Bertz CT molecular complexity index is 485. The van der Waals surface area contributed by atoms with E-state index in [1.807, 2.05) is 0 Å². The smallest absolute Gasteiger partial charge is 0.373 e.